The number of hydrazine groups is 1. The minimum atomic E-state index is -0.334. The molecule has 0 spiro atoms. The van der Waals surface area contributed by atoms with Crippen LogP contribution in [0.2, 0.25) is 0 Å². The summed E-state index contributed by atoms with van der Waals surface area (Å²) in [4.78, 5) is 10.5. The number of anilines is 2. The van der Waals surface area contributed by atoms with Gasteiger partial charge in [-0.05, 0) is 13.8 Å². The van der Waals surface area contributed by atoms with Gasteiger partial charge in [0.05, 0.1) is 30.7 Å². The zero-order chi connectivity index (χ0) is 13.2. The molecule has 7 heteroatoms. The Kier molecular flexibility index (Phi) is 3.65. The van der Waals surface area contributed by atoms with Crippen molar-refractivity contribution in [3.05, 3.63) is 12.4 Å². The van der Waals surface area contributed by atoms with Crippen LogP contribution in [0.15, 0.2) is 12.4 Å². The molecule has 1 unspecified atom stereocenters. The van der Waals surface area contributed by atoms with E-state index in [1.54, 1.807) is 12.4 Å². The van der Waals surface area contributed by atoms with Crippen molar-refractivity contribution in [3.63, 3.8) is 0 Å². The van der Waals surface area contributed by atoms with Crippen molar-refractivity contribution in [2.75, 3.05) is 30.0 Å². The number of aromatic nitrogens is 2. The summed E-state index contributed by atoms with van der Waals surface area (Å²) in [5, 5.41) is 9.27. The molecule has 0 saturated carbocycles. The molecule has 1 saturated heterocycles. The average molecular weight is 253 g/mol. The predicted octanol–water partition coefficient (Wildman–Crippen LogP) is -0.262. The number of rotatable bonds is 3. The van der Waals surface area contributed by atoms with Crippen molar-refractivity contribution in [1.82, 2.24) is 9.97 Å². The molecule has 4 N–H and O–H groups in total. The molecular weight excluding hydrogens is 234 g/mol. The molecule has 1 aliphatic heterocycles. The van der Waals surface area contributed by atoms with E-state index in [2.05, 4.69) is 15.4 Å². The van der Waals surface area contributed by atoms with Gasteiger partial charge in [0.25, 0.3) is 0 Å². The van der Waals surface area contributed by atoms with Crippen LogP contribution in [-0.4, -0.2) is 46.5 Å². The van der Waals surface area contributed by atoms with Crippen molar-refractivity contribution in [3.8, 4) is 0 Å². The van der Waals surface area contributed by atoms with E-state index in [1.165, 1.54) is 0 Å². The van der Waals surface area contributed by atoms with E-state index in [1.807, 2.05) is 18.7 Å². The van der Waals surface area contributed by atoms with Crippen LogP contribution in [0.4, 0.5) is 11.6 Å². The van der Waals surface area contributed by atoms with E-state index in [-0.39, 0.29) is 18.3 Å². The summed E-state index contributed by atoms with van der Waals surface area (Å²) in [6.07, 6.45) is 3.01. The smallest absolute Gasteiger partial charge is 0.160 e. The highest BCUT2D eigenvalue weighted by molar-refractivity contribution is 5.44. The predicted molar refractivity (Wildman–Crippen MR) is 68.1 cm³/mol. The highest BCUT2D eigenvalue weighted by atomic mass is 16.5. The van der Waals surface area contributed by atoms with Gasteiger partial charge in [0.2, 0.25) is 0 Å². The van der Waals surface area contributed by atoms with Gasteiger partial charge in [0.15, 0.2) is 5.82 Å². The van der Waals surface area contributed by atoms with E-state index >= 15 is 0 Å². The molecule has 0 radical (unpaired) electrons. The van der Waals surface area contributed by atoms with E-state index in [0.29, 0.717) is 18.9 Å². The fraction of sp³-hybridized carbons (Fsp3) is 0.636. The minimum absolute atomic E-state index is 0.0117. The first-order valence-corrected chi connectivity index (χ1v) is 5.86. The van der Waals surface area contributed by atoms with E-state index < -0.39 is 0 Å². The normalized spacial score (nSPS) is 22.9. The van der Waals surface area contributed by atoms with Gasteiger partial charge in [-0.25, -0.2) is 10.8 Å². The monoisotopic (exact) mass is 253 g/mol. The average Bonchev–Trinajstić information content (AvgIpc) is 2.37. The van der Waals surface area contributed by atoms with Crippen molar-refractivity contribution in [2.45, 2.75) is 25.6 Å². The third kappa shape index (κ3) is 2.87. The van der Waals surface area contributed by atoms with Gasteiger partial charge in [-0.1, -0.05) is 0 Å². The van der Waals surface area contributed by atoms with Gasteiger partial charge < -0.3 is 20.2 Å². The molecule has 2 rings (SSSR count). The first-order chi connectivity index (χ1) is 8.54. The Hall–Kier alpha value is -1.44. The number of morpholine rings is 1. The minimum Gasteiger partial charge on any atom is -0.394 e. The van der Waals surface area contributed by atoms with Crippen LogP contribution in [0.5, 0.6) is 0 Å². The maximum Gasteiger partial charge on any atom is 0.160 e. The molecule has 0 bridgehead atoms. The molecule has 18 heavy (non-hydrogen) atoms. The Labute approximate surface area is 106 Å². The molecule has 2 heterocycles. The summed E-state index contributed by atoms with van der Waals surface area (Å²) in [6, 6.07) is 0. The first-order valence-electron chi connectivity index (χ1n) is 5.86. The Bertz CT molecular complexity index is 412. The van der Waals surface area contributed by atoms with Crippen LogP contribution >= 0.6 is 0 Å². The number of ether oxygens (including phenoxy) is 1. The van der Waals surface area contributed by atoms with Gasteiger partial charge in [-0.3, -0.25) is 4.98 Å². The van der Waals surface area contributed by atoms with Crippen LogP contribution in [0, 0.1) is 0 Å². The lowest BCUT2D eigenvalue weighted by molar-refractivity contribution is -0.101. The highest BCUT2D eigenvalue weighted by Crippen LogP contribution is 2.24. The number of aliphatic hydroxyl groups is 1. The molecule has 1 atom stereocenters. The lowest BCUT2D eigenvalue weighted by atomic mass is 10.1. The molecule has 1 aromatic heterocycles. The molecule has 7 nitrogen and oxygen atoms in total. The topological polar surface area (TPSA) is 96.5 Å². The van der Waals surface area contributed by atoms with Gasteiger partial charge in [-0.2, -0.15) is 0 Å². The second kappa shape index (κ2) is 5.05. The Balaban J connectivity index is 2.20. The van der Waals surface area contributed by atoms with E-state index in [9.17, 15) is 5.11 Å². The van der Waals surface area contributed by atoms with E-state index in [0.717, 1.165) is 5.82 Å². The zero-order valence-corrected chi connectivity index (χ0v) is 10.6. The van der Waals surface area contributed by atoms with Gasteiger partial charge in [0.1, 0.15) is 5.82 Å². The van der Waals surface area contributed by atoms with Crippen molar-refractivity contribution in [1.29, 1.82) is 0 Å². The Morgan fingerprint density at radius 1 is 1.61 bits per heavy atom. The number of hydrogen-bond donors (Lipinski definition) is 3. The molecule has 0 amide bonds. The van der Waals surface area contributed by atoms with Gasteiger partial charge in [0, 0.05) is 13.1 Å². The lowest BCUT2D eigenvalue weighted by Gasteiger charge is -2.42. The van der Waals surface area contributed by atoms with Gasteiger partial charge in [-0.15, -0.1) is 0 Å². The zero-order valence-electron chi connectivity index (χ0n) is 10.6. The van der Waals surface area contributed by atoms with Crippen LogP contribution in [0.25, 0.3) is 0 Å². The van der Waals surface area contributed by atoms with Crippen LogP contribution in [0.1, 0.15) is 13.8 Å². The number of nitrogen functional groups attached to an aromatic ring is 1. The quantitative estimate of drug-likeness (QED) is 0.504. The number of aliphatic hydroxyl groups excluding tert-OH is 1. The summed E-state index contributed by atoms with van der Waals surface area (Å²) in [6.45, 7) is 5.23. The number of nitrogens with two attached hydrogens (primary N) is 1. The fourth-order valence-electron chi connectivity index (χ4n) is 2.14. The molecule has 100 valence electrons. The first kappa shape index (κ1) is 13.0. The van der Waals surface area contributed by atoms with Gasteiger partial charge >= 0.3 is 0 Å². The number of nitrogens with zero attached hydrogens (tertiary/aromatic N) is 3. The summed E-state index contributed by atoms with van der Waals surface area (Å²) in [5.41, 5.74) is 2.14. The van der Waals surface area contributed by atoms with Crippen molar-refractivity contribution in [2.24, 2.45) is 5.84 Å². The molecule has 1 aromatic rings. The Morgan fingerprint density at radius 3 is 3.06 bits per heavy atom. The second-order valence-corrected chi connectivity index (χ2v) is 4.97. The highest BCUT2D eigenvalue weighted by Gasteiger charge is 2.33. The Morgan fingerprint density at radius 2 is 2.39 bits per heavy atom. The third-order valence-corrected chi connectivity index (χ3v) is 2.78. The molecule has 0 aliphatic carbocycles. The summed E-state index contributed by atoms with van der Waals surface area (Å²) >= 11 is 0. The van der Waals surface area contributed by atoms with E-state index in [4.69, 9.17) is 10.6 Å². The second-order valence-electron chi connectivity index (χ2n) is 4.97. The summed E-state index contributed by atoms with van der Waals surface area (Å²) < 4.78 is 5.75. The standard InChI is InChI=1S/C11H19N5O2/c1-11(2)7-16(5-8(6-17)18-11)10-4-13-3-9(14-10)15-12/h3-4,8,17H,5-7,12H2,1-2H3,(H,14,15). The van der Waals surface area contributed by atoms with Crippen molar-refractivity contribution >= 4 is 11.6 Å². The van der Waals surface area contributed by atoms with Crippen LogP contribution in [0.3, 0.4) is 0 Å². The fourth-order valence-corrected chi connectivity index (χ4v) is 2.14. The summed E-state index contributed by atoms with van der Waals surface area (Å²) in [7, 11) is 0. The number of hydrogen-bond acceptors (Lipinski definition) is 7. The van der Waals surface area contributed by atoms with Crippen molar-refractivity contribution < 1.29 is 9.84 Å². The molecule has 1 aliphatic rings. The largest absolute Gasteiger partial charge is 0.394 e. The summed E-state index contributed by atoms with van der Waals surface area (Å²) in [5.74, 6) is 6.55. The third-order valence-electron chi connectivity index (χ3n) is 2.78. The van der Waals surface area contributed by atoms with Crippen LogP contribution in [-0.2, 0) is 4.74 Å². The molecular formula is C11H19N5O2. The lowest BCUT2D eigenvalue weighted by Crippen LogP contribution is -2.54. The number of nitrogens with one attached hydrogen (secondary N) is 1. The van der Waals surface area contributed by atoms with Crippen LogP contribution < -0.4 is 16.2 Å². The SMILES string of the molecule is CC1(C)CN(c2cncc(NN)n2)CC(CO)O1. The molecule has 0 aromatic carbocycles. The maximum atomic E-state index is 9.27. The molecule has 1 fully saturated rings. The maximum absolute atomic E-state index is 9.27.